The number of hydrogen-bond donors (Lipinski definition) is 1. The standard InChI is InChI=1S/C14H26N6S/c1-4-15-12-16-13(20-8-6-5-7-9-20)18-14(17-12)21-11-10-19(2)3/h4-11H2,1-3H3,(H,15,16,17,18). The van der Waals surface area contributed by atoms with Crippen LogP contribution in [0, 0.1) is 0 Å². The van der Waals surface area contributed by atoms with Crippen molar-refractivity contribution in [2.45, 2.75) is 31.3 Å². The van der Waals surface area contributed by atoms with Gasteiger partial charge in [0, 0.05) is 31.9 Å². The molecular formula is C14H26N6S. The molecule has 1 aliphatic rings. The van der Waals surface area contributed by atoms with Gasteiger partial charge < -0.3 is 15.1 Å². The molecular weight excluding hydrogens is 284 g/mol. The van der Waals surface area contributed by atoms with E-state index in [9.17, 15) is 0 Å². The van der Waals surface area contributed by atoms with E-state index in [4.69, 9.17) is 0 Å². The minimum absolute atomic E-state index is 0.695. The first kappa shape index (κ1) is 16.3. The Balaban J connectivity index is 2.09. The molecule has 0 radical (unpaired) electrons. The smallest absolute Gasteiger partial charge is 0.231 e. The van der Waals surface area contributed by atoms with Crippen LogP contribution in [-0.2, 0) is 0 Å². The number of nitrogens with one attached hydrogen (secondary N) is 1. The minimum Gasteiger partial charge on any atom is -0.354 e. The molecule has 1 aromatic rings. The van der Waals surface area contributed by atoms with Gasteiger partial charge in [-0.15, -0.1) is 0 Å². The van der Waals surface area contributed by atoms with Crippen LogP contribution >= 0.6 is 11.8 Å². The third-order valence-corrected chi connectivity index (χ3v) is 4.17. The highest BCUT2D eigenvalue weighted by Crippen LogP contribution is 2.21. The van der Waals surface area contributed by atoms with Crippen molar-refractivity contribution in [2.75, 3.05) is 56.2 Å². The molecule has 1 fully saturated rings. The lowest BCUT2D eigenvalue weighted by atomic mass is 10.1. The van der Waals surface area contributed by atoms with E-state index in [0.717, 1.165) is 43.0 Å². The fourth-order valence-electron chi connectivity index (χ4n) is 2.20. The molecule has 1 N–H and O–H groups in total. The van der Waals surface area contributed by atoms with Crippen LogP contribution in [0.4, 0.5) is 11.9 Å². The largest absolute Gasteiger partial charge is 0.354 e. The Labute approximate surface area is 131 Å². The molecule has 1 aromatic heterocycles. The molecule has 1 saturated heterocycles. The Morgan fingerprint density at radius 2 is 1.90 bits per heavy atom. The van der Waals surface area contributed by atoms with Gasteiger partial charge in [-0.1, -0.05) is 11.8 Å². The van der Waals surface area contributed by atoms with Crippen molar-refractivity contribution >= 4 is 23.7 Å². The second kappa shape index (κ2) is 8.38. The number of piperidine rings is 1. The fraction of sp³-hybridized carbons (Fsp3) is 0.786. The first-order valence-corrected chi connectivity index (χ1v) is 8.70. The lowest BCUT2D eigenvalue weighted by molar-refractivity contribution is 0.437. The molecule has 6 nitrogen and oxygen atoms in total. The maximum atomic E-state index is 4.64. The Morgan fingerprint density at radius 1 is 1.14 bits per heavy atom. The third kappa shape index (κ3) is 5.32. The summed E-state index contributed by atoms with van der Waals surface area (Å²) in [5.74, 6) is 2.51. The number of nitrogens with zero attached hydrogens (tertiary/aromatic N) is 5. The minimum atomic E-state index is 0.695. The van der Waals surface area contributed by atoms with E-state index in [-0.39, 0.29) is 0 Å². The van der Waals surface area contributed by atoms with Gasteiger partial charge in [0.2, 0.25) is 11.9 Å². The van der Waals surface area contributed by atoms with Crippen LogP contribution in [0.15, 0.2) is 5.16 Å². The molecule has 0 saturated carbocycles. The van der Waals surface area contributed by atoms with E-state index in [2.05, 4.69) is 51.1 Å². The van der Waals surface area contributed by atoms with Gasteiger partial charge in [-0.05, 0) is 40.3 Å². The summed E-state index contributed by atoms with van der Waals surface area (Å²) < 4.78 is 0. The predicted octanol–water partition coefficient (Wildman–Crippen LogP) is 1.95. The average Bonchev–Trinajstić information content (AvgIpc) is 2.48. The third-order valence-electron chi connectivity index (χ3n) is 3.35. The number of anilines is 2. The summed E-state index contributed by atoms with van der Waals surface area (Å²) in [4.78, 5) is 18.2. The summed E-state index contributed by atoms with van der Waals surface area (Å²) in [6.07, 6.45) is 3.77. The molecule has 2 rings (SSSR count). The molecule has 0 aromatic carbocycles. The van der Waals surface area contributed by atoms with Gasteiger partial charge in [0.1, 0.15) is 0 Å². The fourth-order valence-corrected chi connectivity index (χ4v) is 3.14. The Kier molecular flexibility index (Phi) is 6.50. The molecule has 7 heteroatoms. The van der Waals surface area contributed by atoms with E-state index < -0.39 is 0 Å². The van der Waals surface area contributed by atoms with Crippen molar-refractivity contribution in [3.05, 3.63) is 0 Å². The van der Waals surface area contributed by atoms with Gasteiger partial charge in [0.05, 0.1) is 0 Å². The van der Waals surface area contributed by atoms with Crippen molar-refractivity contribution in [1.82, 2.24) is 19.9 Å². The second-order valence-electron chi connectivity index (χ2n) is 5.47. The predicted molar refractivity (Wildman–Crippen MR) is 89.3 cm³/mol. The van der Waals surface area contributed by atoms with Crippen LogP contribution in [-0.4, -0.2) is 65.9 Å². The molecule has 0 amide bonds. The SMILES string of the molecule is CCNc1nc(SCCN(C)C)nc(N2CCCCC2)n1. The normalized spacial score (nSPS) is 15.5. The summed E-state index contributed by atoms with van der Waals surface area (Å²) in [6.45, 7) is 6.01. The first-order chi connectivity index (χ1) is 10.2. The van der Waals surface area contributed by atoms with Crippen LogP contribution in [0.25, 0.3) is 0 Å². The molecule has 118 valence electrons. The second-order valence-corrected chi connectivity index (χ2v) is 6.53. The molecule has 1 aliphatic heterocycles. The Morgan fingerprint density at radius 3 is 2.57 bits per heavy atom. The van der Waals surface area contributed by atoms with Gasteiger partial charge in [-0.25, -0.2) is 0 Å². The lowest BCUT2D eigenvalue weighted by Gasteiger charge is -2.26. The zero-order valence-electron chi connectivity index (χ0n) is 13.3. The molecule has 2 heterocycles. The summed E-state index contributed by atoms with van der Waals surface area (Å²) >= 11 is 1.70. The molecule has 0 bridgehead atoms. The summed E-state index contributed by atoms with van der Waals surface area (Å²) in [6, 6.07) is 0. The highest BCUT2D eigenvalue weighted by molar-refractivity contribution is 7.99. The van der Waals surface area contributed by atoms with E-state index in [0.29, 0.717) is 5.95 Å². The van der Waals surface area contributed by atoms with Crippen LogP contribution in [0.5, 0.6) is 0 Å². The van der Waals surface area contributed by atoms with E-state index in [1.165, 1.54) is 19.3 Å². The monoisotopic (exact) mass is 310 g/mol. The van der Waals surface area contributed by atoms with Crippen molar-refractivity contribution in [3.63, 3.8) is 0 Å². The van der Waals surface area contributed by atoms with Crippen LogP contribution in [0.1, 0.15) is 26.2 Å². The van der Waals surface area contributed by atoms with Crippen LogP contribution in [0.2, 0.25) is 0 Å². The van der Waals surface area contributed by atoms with E-state index in [1.54, 1.807) is 11.8 Å². The summed E-state index contributed by atoms with van der Waals surface area (Å²) in [5.41, 5.74) is 0. The molecule has 0 spiro atoms. The summed E-state index contributed by atoms with van der Waals surface area (Å²) in [5, 5.41) is 4.04. The van der Waals surface area contributed by atoms with Gasteiger partial charge >= 0.3 is 0 Å². The highest BCUT2D eigenvalue weighted by Gasteiger charge is 2.16. The number of aromatic nitrogens is 3. The van der Waals surface area contributed by atoms with E-state index in [1.807, 2.05) is 0 Å². The van der Waals surface area contributed by atoms with Crippen molar-refractivity contribution in [1.29, 1.82) is 0 Å². The Hall–Kier alpha value is -1.08. The topological polar surface area (TPSA) is 57.2 Å². The first-order valence-electron chi connectivity index (χ1n) is 7.71. The van der Waals surface area contributed by atoms with Crippen molar-refractivity contribution in [2.24, 2.45) is 0 Å². The van der Waals surface area contributed by atoms with Crippen LogP contribution in [0.3, 0.4) is 0 Å². The average molecular weight is 310 g/mol. The number of hydrogen-bond acceptors (Lipinski definition) is 7. The van der Waals surface area contributed by atoms with Crippen LogP contribution < -0.4 is 10.2 Å². The molecule has 0 unspecified atom stereocenters. The molecule has 21 heavy (non-hydrogen) atoms. The molecule has 0 aliphatic carbocycles. The van der Waals surface area contributed by atoms with Crippen molar-refractivity contribution in [3.8, 4) is 0 Å². The van der Waals surface area contributed by atoms with Gasteiger partial charge in [-0.2, -0.15) is 15.0 Å². The zero-order chi connectivity index (χ0) is 15.1. The summed E-state index contributed by atoms with van der Waals surface area (Å²) in [7, 11) is 4.16. The van der Waals surface area contributed by atoms with Crippen molar-refractivity contribution < 1.29 is 0 Å². The maximum absolute atomic E-state index is 4.64. The maximum Gasteiger partial charge on any atom is 0.231 e. The van der Waals surface area contributed by atoms with E-state index >= 15 is 0 Å². The Bertz CT molecular complexity index is 433. The quantitative estimate of drug-likeness (QED) is 0.772. The molecule has 0 atom stereocenters. The van der Waals surface area contributed by atoms with Gasteiger partial charge in [0.15, 0.2) is 5.16 Å². The highest BCUT2D eigenvalue weighted by atomic mass is 32.2. The van der Waals surface area contributed by atoms with Gasteiger partial charge in [-0.3, -0.25) is 0 Å². The zero-order valence-corrected chi connectivity index (χ0v) is 14.1. The number of thioether (sulfide) groups is 1. The van der Waals surface area contributed by atoms with Gasteiger partial charge in [0.25, 0.3) is 0 Å². The number of rotatable bonds is 7. The lowest BCUT2D eigenvalue weighted by Crippen LogP contribution is -2.31.